The first-order valence-corrected chi connectivity index (χ1v) is 5.63. The highest BCUT2D eigenvalue weighted by Crippen LogP contribution is 2.14. The summed E-state index contributed by atoms with van der Waals surface area (Å²) in [5.41, 5.74) is 0.842. The lowest BCUT2D eigenvalue weighted by atomic mass is 10.1. The van der Waals surface area contributed by atoms with Gasteiger partial charge in [0, 0.05) is 19.2 Å². The maximum atomic E-state index is 12.7. The largest absolute Gasteiger partial charge is 0.396 e. The average Bonchev–Trinajstić information content (AvgIpc) is 2.31. The summed E-state index contributed by atoms with van der Waals surface area (Å²) in [6.07, 6.45) is 2.12. The van der Waals surface area contributed by atoms with Crippen molar-refractivity contribution in [3.8, 4) is 0 Å². The standard InChI is InChI=1S/C12H19FN2O/c1-3-11(14-6-9(2)8-16)12-5-4-10(13)7-15-12/h4-5,7,9,11,14,16H,3,6,8H2,1-2H3. The second-order valence-corrected chi connectivity index (χ2v) is 4.06. The molecule has 0 fully saturated rings. The molecule has 0 aliphatic rings. The van der Waals surface area contributed by atoms with Gasteiger partial charge in [0.05, 0.1) is 11.9 Å². The fraction of sp³-hybridized carbons (Fsp3) is 0.583. The maximum absolute atomic E-state index is 12.7. The van der Waals surface area contributed by atoms with Crippen molar-refractivity contribution in [3.05, 3.63) is 29.8 Å². The molecule has 3 nitrogen and oxygen atoms in total. The minimum absolute atomic E-state index is 0.120. The lowest BCUT2D eigenvalue weighted by Crippen LogP contribution is -2.28. The van der Waals surface area contributed by atoms with Gasteiger partial charge in [-0.05, 0) is 24.5 Å². The second-order valence-electron chi connectivity index (χ2n) is 4.06. The van der Waals surface area contributed by atoms with E-state index >= 15 is 0 Å². The third kappa shape index (κ3) is 3.87. The van der Waals surface area contributed by atoms with Crippen molar-refractivity contribution in [2.45, 2.75) is 26.3 Å². The van der Waals surface area contributed by atoms with Gasteiger partial charge in [-0.3, -0.25) is 4.98 Å². The highest BCUT2D eigenvalue weighted by molar-refractivity contribution is 5.09. The van der Waals surface area contributed by atoms with Crippen LogP contribution in [0.4, 0.5) is 4.39 Å². The Hall–Kier alpha value is -1.00. The third-order valence-electron chi connectivity index (χ3n) is 2.54. The van der Waals surface area contributed by atoms with Crippen LogP contribution in [0.15, 0.2) is 18.3 Å². The summed E-state index contributed by atoms with van der Waals surface area (Å²) in [5, 5.41) is 12.2. The number of pyridine rings is 1. The van der Waals surface area contributed by atoms with E-state index in [1.54, 1.807) is 6.07 Å². The molecule has 0 saturated heterocycles. The molecule has 0 saturated carbocycles. The first-order chi connectivity index (χ1) is 7.67. The van der Waals surface area contributed by atoms with Crippen molar-refractivity contribution in [2.75, 3.05) is 13.2 Å². The quantitative estimate of drug-likeness (QED) is 0.778. The molecule has 0 bridgehead atoms. The Bertz CT molecular complexity index is 302. The van der Waals surface area contributed by atoms with Gasteiger partial charge in [-0.1, -0.05) is 13.8 Å². The minimum Gasteiger partial charge on any atom is -0.396 e. The molecule has 0 aliphatic carbocycles. The number of halogens is 1. The van der Waals surface area contributed by atoms with Gasteiger partial charge in [-0.25, -0.2) is 4.39 Å². The summed E-state index contributed by atoms with van der Waals surface area (Å²) in [5.74, 6) is -0.100. The molecule has 1 aromatic heterocycles. The number of hydrogen-bond donors (Lipinski definition) is 2. The SMILES string of the molecule is CCC(NCC(C)CO)c1ccc(F)cn1. The van der Waals surface area contributed by atoms with Crippen LogP contribution in [0.5, 0.6) is 0 Å². The molecule has 2 unspecified atom stereocenters. The summed E-state index contributed by atoms with van der Waals surface area (Å²) in [6, 6.07) is 3.23. The first-order valence-electron chi connectivity index (χ1n) is 5.63. The van der Waals surface area contributed by atoms with Crippen LogP contribution >= 0.6 is 0 Å². The van der Waals surface area contributed by atoms with Crippen molar-refractivity contribution in [3.63, 3.8) is 0 Å². The van der Waals surface area contributed by atoms with Crippen LogP contribution < -0.4 is 5.32 Å². The summed E-state index contributed by atoms with van der Waals surface area (Å²) in [4.78, 5) is 4.05. The van der Waals surface area contributed by atoms with E-state index in [4.69, 9.17) is 5.11 Å². The van der Waals surface area contributed by atoms with Crippen molar-refractivity contribution in [1.29, 1.82) is 0 Å². The van der Waals surface area contributed by atoms with Crippen molar-refractivity contribution in [1.82, 2.24) is 10.3 Å². The summed E-state index contributed by atoms with van der Waals surface area (Å²) in [7, 11) is 0. The van der Waals surface area contributed by atoms with Crippen molar-refractivity contribution < 1.29 is 9.50 Å². The number of aliphatic hydroxyl groups is 1. The topological polar surface area (TPSA) is 45.1 Å². The fourth-order valence-corrected chi connectivity index (χ4v) is 1.46. The fourth-order valence-electron chi connectivity index (χ4n) is 1.46. The molecule has 1 aromatic rings. The number of nitrogens with one attached hydrogen (secondary N) is 1. The van der Waals surface area contributed by atoms with E-state index in [-0.39, 0.29) is 24.4 Å². The van der Waals surface area contributed by atoms with E-state index in [1.165, 1.54) is 12.3 Å². The Labute approximate surface area is 95.7 Å². The number of hydrogen-bond acceptors (Lipinski definition) is 3. The number of aliphatic hydroxyl groups excluding tert-OH is 1. The Morgan fingerprint density at radius 2 is 2.25 bits per heavy atom. The third-order valence-corrected chi connectivity index (χ3v) is 2.54. The zero-order chi connectivity index (χ0) is 12.0. The molecule has 0 spiro atoms. The highest BCUT2D eigenvalue weighted by Gasteiger charge is 2.11. The van der Waals surface area contributed by atoms with Crippen LogP contribution in [-0.4, -0.2) is 23.2 Å². The molecule has 0 radical (unpaired) electrons. The normalized spacial score (nSPS) is 14.8. The zero-order valence-electron chi connectivity index (χ0n) is 9.78. The van der Waals surface area contributed by atoms with Gasteiger partial charge in [-0.2, -0.15) is 0 Å². The van der Waals surface area contributed by atoms with Crippen LogP contribution in [0.25, 0.3) is 0 Å². The molecule has 1 rings (SSSR count). The lowest BCUT2D eigenvalue weighted by Gasteiger charge is -2.18. The molecule has 0 aromatic carbocycles. The van der Waals surface area contributed by atoms with Gasteiger partial charge in [-0.15, -0.1) is 0 Å². The molecule has 4 heteroatoms. The molecular weight excluding hydrogens is 207 g/mol. The maximum Gasteiger partial charge on any atom is 0.141 e. The Morgan fingerprint density at radius 1 is 1.50 bits per heavy atom. The van der Waals surface area contributed by atoms with E-state index in [1.807, 2.05) is 13.8 Å². The van der Waals surface area contributed by atoms with Crippen LogP contribution in [-0.2, 0) is 0 Å². The molecular formula is C12H19FN2O. The predicted octanol–water partition coefficient (Wildman–Crippen LogP) is 1.89. The van der Waals surface area contributed by atoms with E-state index in [0.717, 1.165) is 18.7 Å². The van der Waals surface area contributed by atoms with Crippen LogP contribution in [0.1, 0.15) is 32.0 Å². The molecule has 16 heavy (non-hydrogen) atoms. The van der Waals surface area contributed by atoms with Crippen LogP contribution in [0, 0.1) is 11.7 Å². The monoisotopic (exact) mass is 226 g/mol. The van der Waals surface area contributed by atoms with Crippen molar-refractivity contribution in [2.24, 2.45) is 5.92 Å². The number of rotatable bonds is 6. The predicted molar refractivity (Wildman–Crippen MR) is 61.5 cm³/mol. The van der Waals surface area contributed by atoms with Gasteiger partial charge in [0.15, 0.2) is 0 Å². The molecule has 2 atom stereocenters. The van der Waals surface area contributed by atoms with Gasteiger partial charge in [0.2, 0.25) is 0 Å². The van der Waals surface area contributed by atoms with Gasteiger partial charge in [0.1, 0.15) is 5.82 Å². The van der Waals surface area contributed by atoms with E-state index in [9.17, 15) is 4.39 Å². The molecule has 90 valence electrons. The van der Waals surface area contributed by atoms with E-state index in [2.05, 4.69) is 10.3 Å². The summed E-state index contributed by atoms with van der Waals surface area (Å²) >= 11 is 0. The molecule has 2 N–H and O–H groups in total. The molecule has 0 amide bonds. The molecule has 0 aliphatic heterocycles. The smallest absolute Gasteiger partial charge is 0.141 e. The lowest BCUT2D eigenvalue weighted by molar-refractivity contribution is 0.229. The number of aromatic nitrogens is 1. The summed E-state index contributed by atoms with van der Waals surface area (Å²) in [6.45, 7) is 4.92. The highest BCUT2D eigenvalue weighted by atomic mass is 19.1. The van der Waals surface area contributed by atoms with Crippen LogP contribution in [0.2, 0.25) is 0 Å². The van der Waals surface area contributed by atoms with Crippen LogP contribution in [0.3, 0.4) is 0 Å². The molecule has 1 heterocycles. The second kappa shape index (κ2) is 6.55. The van der Waals surface area contributed by atoms with E-state index < -0.39 is 0 Å². The average molecular weight is 226 g/mol. The zero-order valence-corrected chi connectivity index (χ0v) is 9.78. The number of nitrogens with zero attached hydrogens (tertiary/aromatic N) is 1. The van der Waals surface area contributed by atoms with Crippen molar-refractivity contribution >= 4 is 0 Å². The van der Waals surface area contributed by atoms with Gasteiger partial charge >= 0.3 is 0 Å². The van der Waals surface area contributed by atoms with Gasteiger partial charge in [0.25, 0.3) is 0 Å². The van der Waals surface area contributed by atoms with Gasteiger partial charge < -0.3 is 10.4 Å². The minimum atomic E-state index is -0.317. The Morgan fingerprint density at radius 3 is 2.75 bits per heavy atom. The first kappa shape index (κ1) is 13.1. The summed E-state index contributed by atoms with van der Waals surface area (Å²) < 4.78 is 12.7. The van der Waals surface area contributed by atoms with E-state index in [0.29, 0.717) is 0 Å². The Kier molecular flexibility index (Phi) is 5.35. The Balaban J connectivity index is 2.57.